The predicted octanol–water partition coefficient (Wildman–Crippen LogP) is 2.40. The fraction of sp³-hybridized carbons (Fsp3) is 0.571. The minimum absolute atomic E-state index is 0.00859. The minimum atomic E-state index is -4.34. The molecular weight excluding hydrogens is 600 g/mol. The van der Waals surface area contributed by atoms with Gasteiger partial charge in [0.05, 0.1) is 18.8 Å². The van der Waals surface area contributed by atoms with E-state index in [-0.39, 0.29) is 23.5 Å². The number of nitrogens with zero attached hydrogens (tertiary/aromatic N) is 3. The largest absolute Gasteiger partial charge is 0.462 e. The number of aromatic nitrogens is 2. The van der Waals surface area contributed by atoms with Gasteiger partial charge in [0.25, 0.3) is 0 Å². The summed E-state index contributed by atoms with van der Waals surface area (Å²) < 4.78 is 52.5. The van der Waals surface area contributed by atoms with Crippen LogP contribution in [0.2, 0.25) is 0 Å². The van der Waals surface area contributed by atoms with Gasteiger partial charge in [0.15, 0.2) is 11.9 Å². The van der Waals surface area contributed by atoms with Crippen molar-refractivity contribution in [1.82, 2.24) is 19.5 Å². The molecule has 2 aliphatic heterocycles. The third-order valence-electron chi connectivity index (χ3n) is 7.31. The number of nitrogens with one attached hydrogen (secondary N) is 2. The van der Waals surface area contributed by atoms with Crippen LogP contribution in [0.1, 0.15) is 46.8 Å². The van der Waals surface area contributed by atoms with Crippen LogP contribution >= 0.6 is 7.75 Å². The number of halogens is 1. The van der Waals surface area contributed by atoms with E-state index in [1.54, 1.807) is 32.0 Å². The maximum absolute atomic E-state index is 15.9. The third kappa shape index (κ3) is 7.89. The topological polar surface area (TPSA) is 171 Å². The summed E-state index contributed by atoms with van der Waals surface area (Å²) in [4.78, 5) is 43.6. The lowest BCUT2D eigenvalue weighted by molar-refractivity contribution is -0.149. The maximum atomic E-state index is 15.9. The van der Waals surface area contributed by atoms with Crippen molar-refractivity contribution in [3.63, 3.8) is 0 Å². The molecule has 14 nitrogen and oxygen atoms in total. The molecule has 2 aliphatic rings. The van der Waals surface area contributed by atoms with Crippen molar-refractivity contribution in [2.75, 3.05) is 25.5 Å². The van der Waals surface area contributed by atoms with Gasteiger partial charge in [-0.25, -0.2) is 13.8 Å². The molecule has 3 N–H and O–H groups in total. The summed E-state index contributed by atoms with van der Waals surface area (Å²) in [5, 5.41) is 15.9. The van der Waals surface area contributed by atoms with Crippen molar-refractivity contribution in [3.8, 4) is 5.75 Å². The number of aliphatic hydroxyl groups excluding tert-OH is 1. The summed E-state index contributed by atoms with van der Waals surface area (Å²) in [7, 11) is -2.51. The quantitative estimate of drug-likeness (QED) is 0.229. The number of aliphatic hydroxyl groups is 1. The van der Waals surface area contributed by atoms with Crippen molar-refractivity contribution in [1.29, 1.82) is 0 Å². The number of ether oxygens (including phenoxy) is 2. The van der Waals surface area contributed by atoms with Gasteiger partial charge < -0.3 is 24.4 Å². The number of amides is 1. The molecule has 0 radical (unpaired) electrons. The summed E-state index contributed by atoms with van der Waals surface area (Å²) in [5.74, 6) is -0.878. The number of carbonyl (C=O) groups excluding carboxylic acids is 2. The van der Waals surface area contributed by atoms with Gasteiger partial charge in [-0.3, -0.25) is 23.6 Å². The number of likely N-dealkylation sites (tertiary alicyclic amines) is 1. The van der Waals surface area contributed by atoms with E-state index in [0.29, 0.717) is 6.42 Å². The molecule has 242 valence electrons. The van der Waals surface area contributed by atoms with Gasteiger partial charge in [0.2, 0.25) is 5.91 Å². The molecule has 2 fully saturated rings. The van der Waals surface area contributed by atoms with Gasteiger partial charge in [-0.05, 0) is 72.3 Å². The summed E-state index contributed by atoms with van der Waals surface area (Å²) in [5.41, 5.74) is -3.44. The molecule has 0 saturated carbocycles. The van der Waals surface area contributed by atoms with Crippen molar-refractivity contribution in [2.24, 2.45) is 0 Å². The molecule has 0 aliphatic carbocycles. The first-order valence-electron chi connectivity index (χ1n) is 14.3. The number of hydrogen-bond acceptors (Lipinski definition) is 11. The van der Waals surface area contributed by atoms with E-state index in [4.69, 9.17) is 18.5 Å². The van der Waals surface area contributed by atoms with Gasteiger partial charge in [-0.1, -0.05) is 18.2 Å². The van der Waals surface area contributed by atoms with Crippen LogP contribution in [0.5, 0.6) is 5.75 Å². The Bertz CT molecular complexity index is 1430. The van der Waals surface area contributed by atoms with Crippen LogP contribution in [-0.4, -0.2) is 87.7 Å². The van der Waals surface area contributed by atoms with Crippen LogP contribution in [-0.2, 0) is 28.2 Å². The molecular formula is C28H39FN5O9P. The molecule has 1 aromatic carbocycles. The van der Waals surface area contributed by atoms with Crippen molar-refractivity contribution < 1.29 is 42.2 Å². The van der Waals surface area contributed by atoms with E-state index in [0.717, 1.165) is 24.5 Å². The highest BCUT2D eigenvalue weighted by atomic mass is 31.2. The first kappa shape index (κ1) is 33.7. The van der Waals surface area contributed by atoms with E-state index in [2.05, 4.69) is 15.4 Å². The zero-order valence-electron chi connectivity index (χ0n) is 25.2. The Hall–Kier alpha value is -3.20. The molecule has 1 aromatic heterocycles. The number of esters is 1. The average Bonchev–Trinajstić information content (AvgIpc) is 3.48. The zero-order chi connectivity index (χ0) is 32.2. The van der Waals surface area contributed by atoms with Gasteiger partial charge in [0.1, 0.15) is 29.8 Å². The fourth-order valence-electron chi connectivity index (χ4n) is 4.97. The highest BCUT2D eigenvalue weighted by Crippen LogP contribution is 2.47. The first-order chi connectivity index (χ1) is 20.7. The number of anilines is 1. The van der Waals surface area contributed by atoms with Gasteiger partial charge in [0, 0.05) is 6.20 Å². The van der Waals surface area contributed by atoms with E-state index in [1.165, 1.54) is 31.3 Å². The highest BCUT2D eigenvalue weighted by Gasteiger charge is 2.56. The van der Waals surface area contributed by atoms with Gasteiger partial charge in [-0.2, -0.15) is 10.1 Å². The van der Waals surface area contributed by atoms with Gasteiger partial charge in [-0.15, -0.1) is 0 Å². The van der Waals surface area contributed by atoms with Crippen molar-refractivity contribution >= 4 is 25.4 Å². The van der Waals surface area contributed by atoms with Crippen LogP contribution < -0.4 is 20.6 Å². The molecule has 2 saturated heterocycles. The average molecular weight is 640 g/mol. The standard InChI is InChI=1S/C28H39FN5O9P/c1-17(2)41-25(37)18(3)32-44(39,43-19-10-7-6-8-11-19)40-16-21-23(35)28(4,29)26(42-21)34-15-13-22(31-27(34)38)30-24(36)20-12-9-14-33(20)5/h6-8,10-11,13,15,17-18,20-21,23,26,35H,9,12,14,16H2,1-5H3,(H,32,39)(H,30,31,36,38)/t18-,20-,21+,23+,26+,28+,44+/m0/s1. The number of para-hydroxylation sites is 1. The number of carbonyl (C=O) groups is 2. The Morgan fingerprint density at radius 2 is 1.95 bits per heavy atom. The van der Waals surface area contributed by atoms with Crippen LogP contribution in [0.3, 0.4) is 0 Å². The number of hydrogen-bond donors (Lipinski definition) is 3. The zero-order valence-corrected chi connectivity index (χ0v) is 26.1. The van der Waals surface area contributed by atoms with E-state index in [1.807, 2.05) is 11.9 Å². The molecule has 44 heavy (non-hydrogen) atoms. The first-order valence-corrected chi connectivity index (χ1v) is 15.8. The van der Waals surface area contributed by atoms with E-state index in [9.17, 15) is 24.1 Å². The number of benzene rings is 1. The molecule has 1 amide bonds. The molecule has 7 atom stereocenters. The summed E-state index contributed by atoms with van der Waals surface area (Å²) in [6, 6.07) is 7.87. The van der Waals surface area contributed by atoms with Crippen LogP contribution in [0.25, 0.3) is 0 Å². The molecule has 0 bridgehead atoms. The SMILES string of the molecule is CC(C)OC(=O)[C@H](C)N[P@@](=O)(OC[C@H]1O[C@@H](n2ccc(NC(=O)[C@@H]3CCCN3C)nc2=O)[C@](C)(F)[C@@H]1O)Oc1ccccc1. The number of rotatable bonds is 12. The minimum Gasteiger partial charge on any atom is -0.462 e. The van der Waals surface area contributed by atoms with Crippen LogP contribution in [0, 0.1) is 0 Å². The fourth-order valence-corrected chi connectivity index (χ4v) is 6.47. The maximum Gasteiger partial charge on any atom is 0.459 e. The Morgan fingerprint density at radius 1 is 1.25 bits per heavy atom. The molecule has 16 heteroatoms. The second kappa shape index (κ2) is 13.8. The van der Waals surface area contributed by atoms with Crippen LogP contribution in [0.4, 0.5) is 10.2 Å². The van der Waals surface area contributed by atoms with Crippen LogP contribution in [0.15, 0.2) is 47.4 Å². The third-order valence-corrected chi connectivity index (χ3v) is 8.95. The van der Waals surface area contributed by atoms with E-state index >= 15 is 4.39 Å². The Labute approximate surface area is 254 Å². The molecule has 4 rings (SSSR count). The second-order valence-electron chi connectivity index (χ2n) is 11.3. The van der Waals surface area contributed by atoms with Crippen molar-refractivity contribution in [3.05, 3.63) is 53.1 Å². The summed E-state index contributed by atoms with van der Waals surface area (Å²) in [6.07, 6.45) is -2.55. The normalized spacial score (nSPS) is 27.5. The predicted molar refractivity (Wildman–Crippen MR) is 157 cm³/mol. The van der Waals surface area contributed by atoms with Gasteiger partial charge >= 0.3 is 19.4 Å². The molecule has 3 heterocycles. The Morgan fingerprint density at radius 3 is 2.57 bits per heavy atom. The van der Waals surface area contributed by atoms with E-state index < -0.39 is 62.3 Å². The number of likely N-dealkylation sites (N-methyl/N-ethyl adjacent to an activating group) is 1. The summed E-state index contributed by atoms with van der Waals surface area (Å²) >= 11 is 0. The second-order valence-corrected chi connectivity index (χ2v) is 13.0. The Kier molecular flexibility index (Phi) is 10.6. The summed E-state index contributed by atoms with van der Waals surface area (Å²) in [6.45, 7) is 5.90. The molecule has 0 spiro atoms. The monoisotopic (exact) mass is 639 g/mol. The van der Waals surface area contributed by atoms with Crippen molar-refractivity contribution in [2.45, 2.75) is 82.8 Å². The number of alkyl halides is 1. The molecule has 0 unspecified atom stereocenters. The Balaban J connectivity index is 1.47. The lowest BCUT2D eigenvalue weighted by atomic mass is 9.98. The molecule has 2 aromatic rings. The smallest absolute Gasteiger partial charge is 0.459 e. The lowest BCUT2D eigenvalue weighted by Gasteiger charge is -2.25. The lowest BCUT2D eigenvalue weighted by Crippen LogP contribution is -2.43. The highest BCUT2D eigenvalue weighted by molar-refractivity contribution is 7.52.